The fourth-order valence-electron chi connectivity index (χ4n) is 1.65. The van der Waals surface area contributed by atoms with E-state index in [2.05, 4.69) is 55.9 Å². The molecule has 2 nitrogen and oxygen atoms in total. The summed E-state index contributed by atoms with van der Waals surface area (Å²) in [6.45, 7) is 8.33. The maximum Gasteiger partial charge on any atom is 0.133 e. The molecule has 0 saturated carbocycles. The molecule has 1 heterocycles. The molecule has 0 aliphatic heterocycles. The molecule has 0 fully saturated rings. The van der Waals surface area contributed by atoms with Gasteiger partial charge in [-0.3, -0.25) is 0 Å². The van der Waals surface area contributed by atoms with E-state index in [1.807, 2.05) is 6.07 Å². The number of aromatic nitrogens is 2. The van der Waals surface area contributed by atoms with Crippen molar-refractivity contribution in [1.82, 2.24) is 9.97 Å². The first-order valence-electron chi connectivity index (χ1n) is 6.25. The first kappa shape index (κ1) is 14.4. The van der Waals surface area contributed by atoms with Crippen LogP contribution in [0.15, 0.2) is 34.2 Å². The number of hydrogen-bond donors (Lipinski definition) is 0. The Balaban J connectivity index is 2.35. The third-order valence-electron chi connectivity index (χ3n) is 2.76. The number of benzene rings is 1. The zero-order valence-electron chi connectivity index (χ0n) is 11.6. The molecule has 0 N–H and O–H groups in total. The minimum atomic E-state index is 0.275. The van der Waals surface area contributed by atoms with E-state index in [-0.39, 0.29) is 5.92 Å². The molecule has 19 heavy (non-hydrogen) atoms. The molecule has 0 aliphatic carbocycles. The molecule has 0 radical (unpaired) electrons. The summed E-state index contributed by atoms with van der Waals surface area (Å²) >= 11 is 7.71. The van der Waals surface area contributed by atoms with Crippen LogP contribution in [0.25, 0.3) is 0 Å². The van der Waals surface area contributed by atoms with Gasteiger partial charge in [0.05, 0.1) is 0 Å². The number of aryl methyl sites for hydroxylation is 2. The van der Waals surface area contributed by atoms with Crippen LogP contribution in [0, 0.1) is 13.8 Å². The van der Waals surface area contributed by atoms with Gasteiger partial charge in [0, 0.05) is 16.9 Å². The monoisotopic (exact) mass is 292 g/mol. The first-order valence-corrected chi connectivity index (χ1v) is 7.44. The molecule has 1 aromatic heterocycles. The Bertz CT molecular complexity index is 597. The summed E-state index contributed by atoms with van der Waals surface area (Å²) in [6.07, 6.45) is 0. The number of hydrogen-bond acceptors (Lipinski definition) is 3. The molecule has 0 saturated heterocycles. The summed E-state index contributed by atoms with van der Waals surface area (Å²) < 4.78 is 0. The van der Waals surface area contributed by atoms with Gasteiger partial charge >= 0.3 is 0 Å². The van der Waals surface area contributed by atoms with Crippen molar-refractivity contribution in [3.63, 3.8) is 0 Å². The Morgan fingerprint density at radius 2 is 1.84 bits per heavy atom. The van der Waals surface area contributed by atoms with Crippen molar-refractivity contribution in [2.45, 2.75) is 43.5 Å². The SMILES string of the molecule is Cc1ccc(C)c(Sc2cc(Cl)nc(C(C)C)n2)c1. The van der Waals surface area contributed by atoms with E-state index >= 15 is 0 Å². The summed E-state index contributed by atoms with van der Waals surface area (Å²) in [5, 5.41) is 1.41. The molecule has 4 heteroatoms. The van der Waals surface area contributed by atoms with E-state index in [1.165, 1.54) is 16.0 Å². The molecule has 0 atom stereocenters. The van der Waals surface area contributed by atoms with Crippen molar-refractivity contribution in [2.24, 2.45) is 0 Å². The van der Waals surface area contributed by atoms with E-state index in [9.17, 15) is 0 Å². The van der Waals surface area contributed by atoms with Crippen molar-refractivity contribution in [2.75, 3.05) is 0 Å². The highest BCUT2D eigenvalue weighted by Crippen LogP contribution is 2.31. The van der Waals surface area contributed by atoms with E-state index in [0.717, 1.165) is 10.9 Å². The average Bonchev–Trinajstić information content (AvgIpc) is 2.33. The van der Waals surface area contributed by atoms with Crippen LogP contribution in [0.3, 0.4) is 0 Å². The van der Waals surface area contributed by atoms with E-state index in [4.69, 9.17) is 11.6 Å². The lowest BCUT2D eigenvalue weighted by atomic mass is 10.2. The van der Waals surface area contributed by atoms with E-state index < -0.39 is 0 Å². The molecule has 0 aliphatic rings. The van der Waals surface area contributed by atoms with Crippen LogP contribution in [0.4, 0.5) is 0 Å². The summed E-state index contributed by atoms with van der Waals surface area (Å²) in [5.74, 6) is 1.07. The Morgan fingerprint density at radius 1 is 1.11 bits per heavy atom. The van der Waals surface area contributed by atoms with Crippen molar-refractivity contribution in [3.05, 3.63) is 46.4 Å². The van der Waals surface area contributed by atoms with Crippen molar-refractivity contribution in [3.8, 4) is 0 Å². The average molecular weight is 293 g/mol. The zero-order chi connectivity index (χ0) is 14.0. The quantitative estimate of drug-likeness (QED) is 0.743. The van der Waals surface area contributed by atoms with E-state index in [0.29, 0.717) is 5.15 Å². The maximum absolute atomic E-state index is 6.07. The number of halogens is 1. The van der Waals surface area contributed by atoms with Gasteiger partial charge in [0.15, 0.2) is 0 Å². The number of nitrogens with zero attached hydrogens (tertiary/aromatic N) is 2. The maximum atomic E-state index is 6.07. The molecule has 100 valence electrons. The van der Waals surface area contributed by atoms with Crippen LogP contribution in [-0.4, -0.2) is 9.97 Å². The zero-order valence-corrected chi connectivity index (χ0v) is 13.1. The first-order chi connectivity index (χ1) is 8.95. The number of rotatable bonds is 3. The lowest BCUT2D eigenvalue weighted by Crippen LogP contribution is -1.98. The topological polar surface area (TPSA) is 25.8 Å². The van der Waals surface area contributed by atoms with Gasteiger partial charge in [-0.25, -0.2) is 9.97 Å². The van der Waals surface area contributed by atoms with Gasteiger partial charge in [-0.05, 0) is 31.0 Å². The summed E-state index contributed by atoms with van der Waals surface area (Å²) in [4.78, 5) is 10.0. The molecule has 2 aromatic rings. The highest BCUT2D eigenvalue weighted by Gasteiger charge is 2.09. The van der Waals surface area contributed by atoms with Crippen LogP contribution < -0.4 is 0 Å². The Morgan fingerprint density at radius 3 is 2.53 bits per heavy atom. The largest absolute Gasteiger partial charge is 0.226 e. The molecule has 0 unspecified atom stereocenters. The Labute approximate surface area is 123 Å². The van der Waals surface area contributed by atoms with Gasteiger partial charge in [0.25, 0.3) is 0 Å². The van der Waals surface area contributed by atoms with Gasteiger partial charge in [-0.2, -0.15) is 0 Å². The predicted molar refractivity (Wildman–Crippen MR) is 81.2 cm³/mol. The van der Waals surface area contributed by atoms with Crippen LogP contribution in [0.2, 0.25) is 5.15 Å². The van der Waals surface area contributed by atoms with E-state index in [1.54, 1.807) is 11.8 Å². The van der Waals surface area contributed by atoms with Crippen molar-refractivity contribution >= 4 is 23.4 Å². The molecular formula is C15H17ClN2S. The molecule has 1 aromatic carbocycles. The standard InChI is InChI=1S/C15H17ClN2S/c1-9(2)15-17-13(16)8-14(18-15)19-12-7-10(3)5-6-11(12)4/h5-9H,1-4H3. The molecule has 0 spiro atoms. The van der Waals surface area contributed by atoms with Crippen molar-refractivity contribution < 1.29 is 0 Å². The fourth-order valence-corrected chi connectivity index (χ4v) is 2.92. The third-order valence-corrected chi connectivity index (χ3v) is 4.03. The minimum absolute atomic E-state index is 0.275. The second-order valence-corrected chi connectivity index (χ2v) is 6.36. The Hall–Kier alpha value is -1.06. The van der Waals surface area contributed by atoms with Gasteiger partial charge in [-0.1, -0.05) is 49.3 Å². The normalized spacial score (nSPS) is 11.1. The predicted octanol–water partition coefficient (Wildman–Crippen LogP) is 5.02. The smallest absolute Gasteiger partial charge is 0.133 e. The van der Waals surface area contributed by atoms with Gasteiger partial charge in [-0.15, -0.1) is 0 Å². The minimum Gasteiger partial charge on any atom is -0.226 e. The third kappa shape index (κ3) is 3.71. The molecule has 2 rings (SSSR count). The second-order valence-electron chi connectivity index (χ2n) is 4.91. The highest BCUT2D eigenvalue weighted by atomic mass is 35.5. The second kappa shape index (κ2) is 5.93. The van der Waals surface area contributed by atoms with Crippen LogP contribution in [0.5, 0.6) is 0 Å². The molecule has 0 bridgehead atoms. The van der Waals surface area contributed by atoms with Gasteiger partial charge in [0.1, 0.15) is 16.0 Å². The fraction of sp³-hybridized carbons (Fsp3) is 0.333. The van der Waals surface area contributed by atoms with Gasteiger partial charge in [0.2, 0.25) is 0 Å². The van der Waals surface area contributed by atoms with Gasteiger partial charge < -0.3 is 0 Å². The summed E-state index contributed by atoms with van der Waals surface area (Å²) in [6, 6.07) is 8.24. The molecular weight excluding hydrogens is 276 g/mol. The van der Waals surface area contributed by atoms with Crippen molar-refractivity contribution in [1.29, 1.82) is 0 Å². The Kier molecular flexibility index (Phi) is 4.48. The van der Waals surface area contributed by atoms with Crippen LogP contribution >= 0.6 is 23.4 Å². The van der Waals surface area contributed by atoms with Crippen LogP contribution in [-0.2, 0) is 0 Å². The lowest BCUT2D eigenvalue weighted by Gasteiger charge is -2.09. The molecule has 0 amide bonds. The van der Waals surface area contributed by atoms with Crippen LogP contribution in [0.1, 0.15) is 36.7 Å². The summed E-state index contributed by atoms with van der Waals surface area (Å²) in [5.41, 5.74) is 2.49. The highest BCUT2D eigenvalue weighted by molar-refractivity contribution is 7.99. The lowest BCUT2D eigenvalue weighted by molar-refractivity contribution is 0.753. The summed E-state index contributed by atoms with van der Waals surface area (Å²) in [7, 11) is 0.